The van der Waals surface area contributed by atoms with Crippen molar-refractivity contribution in [1.29, 1.82) is 0 Å². The Morgan fingerprint density at radius 1 is 1.25 bits per heavy atom. The summed E-state index contributed by atoms with van der Waals surface area (Å²) in [5, 5.41) is 9.24. The molecule has 1 saturated heterocycles. The van der Waals surface area contributed by atoms with Crippen LogP contribution in [0, 0.1) is 0 Å². The highest BCUT2D eigenvalue weighted by Crippen LogP contribution is 2.06. The molecule has 0 bridgehead atoms. The highest BCUT2D eigenvalue weighted by atomic mass is 16.4. The third-order valence-corrected chi connectivity index (χ3v) is 1.80. The normalized spacial score (nSPS) is 11.5. The lowest BCUT2D eigenvalue weighted by atomic mass is 10.4. The van der Waals surface area contributed by atoms with Gasteiger partial charge in [0.25, 0.3) is 6.47 Å². The van der Waals surface area contributed by atoms with Gasteiger partial charge in [-0.3, -0.25) is 14.4 Å². The average Bonchev–Trinajstić information content (AvgIpc) is 2.93. The van der Waals surface area contributed by atoms with E-state index in [1.807, 2.05) is 0 Å². The van der Waals surface area contributed by atoms with Crippen LogP contribution in [-0.2, 0) is 19.1 Å². The Labute approximate surface area is 121 Å². The number of ether oxygens (including phenoxy) is 1. The molecule has 0 aromatic carbocycles. The largest absolute Gasteiger partial charge is 0.483 e. The first-order valence-corrected chi connectivity index (χ1v) is 6.52. The first kappa shape index (κ1) is 23.5. The summed E-state index contributed by atoms with van der Waals surface area (Å²) in [5.74, 6) is 0.0228. The molecule has 0 aliphatic carbocycles. The van der Waals surface area contributed by atoms with E-state index >= 15 is 0 Å². The van der Waals surface area contributed by atoms with E-state index < -0.39 is 0 Å². The van der Waals surface area contributed by atoms with Gasteiger partial charge in [0.1, 0.15) is 0 Å². The quantitative estimate of drug-likeness (QED) is 0.748. The molecule has 1 aliphatic rings. The van der Waals surface area contributed by atoms with Gasteiger partial charge in [-0.2, -0.15) is 0 Å². The molecule has 1 aliphatic heterocycles. The van der Waals surface area contributed by atoms with Gasteiger partial charge in [-0.1, -0.05) is 20.3 Å². The van der Waals surface area contributed by atoms with Crippen LogP contribution in [0.3, 0.4) is 0 Å². The minimum atomic E-state index is -0.250. The average molecular weight is 292 g/mol. The van der Waals surface area contributed by atoms with Crippen LogP contribution in [0.4, 0.5) is 0 Å². The fourth-order valence-corrected chi connectivity index (χ4v) is 1.21. The van der Waals surface area contributed by atoms with Gasteiger partial charge in [-0.25, -0.2) is 0 Å². The number of carboxylic acid groups (broad SMARTS) is 1. The zero-order valence-corrected chi connectivity index (χ0v) is 12.9. The van der Waals surface area contributed by atoms with Gasteiger partial charge in [0.05, 0.1) is 6.54 Å². The molecule has 20 heavy (non-hydrogen) atoms. The number of rotatable bonds is 3. The lowest BCUT2D eigenvalue weighted by Crippen LogP contribution is -2.35. The van der Waals surface area contributed by atoms with Crippen LogP contribution in [0.25, 0.3) is 0 Å². The van der Waals surface area contributed by atoms with Crippen LogP contribution < -0.4 is 5.32 Å². The van der Waals surface area contributed by atoms with Crippen molar-refractivity contribution in [3.63, 3.8) is 0 Å². The lowest BCUT2D eigenvalue weighted by molar-refractivity contribution is -0.130. The van der Waals surface area contributed by atoms with E-state index in [0.29, 0.717) is 6.41 Å². The van der Waals surface area contributed by atoms with E-state index in [0.717, 1.165) is 25.9 Å². The van der Waals surface area contributed by atoms with Crippen molar-refractivity contribution >= 4 is 18.8 Å². The zero-order valence-electron chi connectivity index (χ0n) is 12.9. The summed E-state index contributed by atoms with van der Waals surface area (Å²) >= 11 is 0. The Morgan fingerprint density at radius 3 is 1.90 bits per heavy atom. The summed E-state index contributed by atoms with van der Waals surface area (Å²) in [4.78, 5) is 31.1. The Bertz CT molecular complexity index is 217. The lowest BCUT2D eigenvalue weighted by Gasteiger charge is -2.13. The third kappa shape index (κ3) is 21.6. The molecule has 2 N–H and O–H groups in total. The van der Waals surface area contributed by atoms with E-state index in [4.69, 9.17) is 9.90 Å². The maximum Gasteiger partial charge on any atom is 0.290 e. The molecular formula is C13H28N2O5. The topological polar surface area (TPSA) is 95.9 Å². The standard InChI is InChI=1S/C7H12N2O2.C3H8.C2H6O.CH2O2/c10-6-8-5-7(11)9-3-1-2-4-9;2*1-3-2;2-1-3/h6H,1-5H2,(H,8,10);3H2,1-2H3;1-2H3;1H,(H,2,3). The predicted molar refractivity (Wildman–Crippen MR) is 77.5 cm³/mol. The highest BCUT2D eigenvalue weighted by molar-refractivity contribution is 5.80. The number of methoxy groups -OCH3 is 1. The second-order valence-corrected chi connectivity index (χ2v) is 3.81. The molecule has 0 saturated carbocycles. The smallest absolute Gasteiger partial charge is 0.290 e. The molecule has 0 radical (unpaired) electrons. The number of likely N-dealkylation sites (tertiary alicyclic amines) is 1. The van der Waals surface area contributed by atoms with E-state index in [1.54, 1.807) is 19.1 Å². The molecular weight excluding hydrogens is 264 g/mol. The Hall–Kier alpha value is -1.63. The highest BCUT2D eigenvalue weighted by Gasteiger charge is 2.16. The maximum absolute atomic E-state index is 11.1. The summed E-state index contributed by atoms with van der Waals surface area (Å²) in [6, 6.07) is 0. The molecule has 0 aromatic rings. The van der Waals surface area contributed by atoms with E-state index in [2.05, 4.69) is 23.9 Å². The minimum Gasteiger partial charge on any atom is -0.483 e. The third-order valence-electron chi connectivity index (χ3n) is 1.80. The van der Waals surface area contributed by atoms with Crippen LogP contribution in [0.1, 0.15) is 33.1 Å². The fraction of sp³-hybridized carbons (Fsp3) is 0.769. The van der Waals surface area contributed by atoms with Crippen molar-refractivity contribution in [2.45, 2.75) is 33.1 Å². The summed E-state index contributed by atoms with van der Waals surface area (Å²) in [6.07, 6.45) is 3.98. The number of hydrogen-bond acceptors (Lipinski definition) is 4. The summed E-state index contributed by atoms with van der Waals surface area (Å²) in [5.41, 5.74) is 0. The molecule has 1 heterocycles. The first-order valence-electron chi connectivity index (χ1n) is 6.52. The van der Waals surface area contributed by atoms with Crippen LogP contribution in [0.5, 0.6) is 0 Å². The summed E-state index contributed by atoms with van der Waals surface area (Å²) in [7, 11) is 3.25. The molecule has 7 nitrogen and oxygen atoms in total. The van der Waals surface area contributed by atoms with Gasteiger partial charge < -0.3 is 20.1 Å². The van der Waals surface area contributed by atoms with E-state index in [9.17, 15) is 9.59 Å². The van der Waals surface area contributed by atoms with Crippen LogP contribution in [-0.4, -0.2) is 62.6 Å². The molecule has 7 heteroatoms. The first-order chi connectivity index (χ1) is 9.59. The molecule has 120 valence electrons. The second-order valence-electron chi connectivity index (χ2n) is 3.81. The zero-order chi connectivity index (χ0) is 16.2. The van der Waals surface area contributed by atoms with Gasteiger partial charge in [-0.05, 0) is 12.8 Å². The summed E-state index contributed by atoms with van der Waals surface area (Å²) in [6.45, 7) is 5.84. The van der Waals surface area contributed by atoms with Gasteiger partial charge in [0, 0.05) is 27.3 Å². The SMILES string of the molecule is CCC.COC.O=CNCC(=O)N1CCCC1.O=CO. The Balaban J connectivity index is -0.000000268. The van der Waals surface area contributed by atoms with Crippen molar-refractivity contribution in [3.8, 4) is 0 Å². The fourth-order valence-electron chi connectivity index (χ4n) is 1.21. The molecule has 2 amide bonds. The van der Waals surface area contributed by atoms with Crippen LogP contribution in [0.2, 0.25) is 0 Å². The Kier molecular flexibility index (Phi) is 26.4. The van der Waals surface area contributed by atoms with E-state index in [1.165, 1.54) is 6.42 Å². The van der Waals surface area contributed by atoms with Gasteiger partial charge in [-0.15, -0.1) is 0 Å². The second kappa shape index (κ2) is 22.5. The monoisotopic (exact) mass is 292 g/mol. The Morgan fingerprint density at radius 2 is 1.60 bits per heavy atom. The number of nitrogens with one attached hydrogen (secondary N) is 1. The van der Waals surface area contributed by atoms with Crippen molar-refractivity contribution < 1.29 is 24.2 Å². The van der Waals surface area contributed by atoms with Crippen molar-refractivity contribution in [2.75, 3.05) is 33.9 Å². The van der Waals surface area contributed by atoms with Crippen molar-refractivity contribution in [3.05, 3.63) is 0 Å². The van der Waals surface area contributed by atoms with Gasteiger partial charge >= 0.3 is 0 Å². The van der Waals surface area contributed by atoms with E-state index in [-0.39, 0.29) is 18.9 Å². The number of carbonyl (C=O) groups excluding carboxylic acids is 2. The minimum absolute atomic E-state index is 0.0228. The molecule has 0 spiro atoms. The number of nitrogens with zero attached hydrogens (tertiary/aromatic N) is 1. The molecule has 1 rings (SSSR count). The number of hydrogen-bond donors (Lipinski definition) is 2. The van der Waals surface area contributed by atoms with Crippen molar-refractivity contribution in [2.24, 2.45) is 0 Å². The molecule has 1 fully saturated rings. The van der Waals surface area contributed by atoms with Crippen LogP contribution >= 0.6 is 0 Å². The number of amides is 2. The van der Waals surface area contributed by atoms with Gasteiger partial charge in [0.15, 0.2) is 0 Å². The maximum atomic E-state index is 11.1. The van der Waals surface area contributed by atoms with Gasteiger partial charge in [0.2, 0.25) is 12.3 Å². The van der Waals surface area contributed by atoms with Crippen LogP contribution in [0.15, 0.2) is 0 Å². The molecule has 0 atom stereocenters. The van der Waals surface area contributed by atoms with Crippen molar-refractivity contribution in [1.82, 2.24) is 10.2 Å². The predicted octanol–water partition coefficient (Wildman–Crippen LogP) is 0.735. The molecule has 0 aromatic heterocycles. The number of carbonyl (C=O) groups is 3. The molecule has 0 unspecified atom stereocenters. The summed E-state index contributed by atoms with van der Waals surface area (Å²) < 4.78 is 4.25.